The van der Waals surface area contributed by atoms with Crippen molar-refractivity contribution in [2.45, 2.75) is 51.1 Å². The van der Waals surface area contributed by atoms with E-state index in [2.05, 4.69) is 5.32 Å². The van der Waals surface area contributed by atoms with Crippen LogP contribution in [0.2, 0.25) is 0 Å². The van der Waals surface area contributed by atoms with Crippen molar-refractivity contribution in [3.05, 3.63) is 51.2 Å². The number of nitrogens with one attached hydrogen (secondary N) is 1. The van der Waals surface area contributed by atoms with Crippen LogP contribution in [0.25, 0.3) is 0 Å². The lowest BCUT2D eigenvalue weighted by molar-refractivity contribution is -0.124. The van der Waals surface area contributed by atoms with Gasteiger partial charge >= 0.3 is 0 Å². The van der Waals surface area contributed by atoms with Crippen molar-refractivity contribution >= 4 is 27.3 Å². The van der Waals surface area contributed by atoms with E-state index in [1.165, 1.54) is 4.31 Å². The number of sulfonamides is 1. The molecule has 26 heavy (non-hydrogen) atoms. The number of carbonyl (C=O) groups excluding carboxylic acids is 1. The van der Waals surface area contributed by atoms with Crippen LogP contribution in [0, 0.1) is 20.8 Å². The van der Waals surface area contributed by atoms with Crippen LogP contribution >= 0.6 is 11.3 Å². The van der Waals surface area contributed by atoms with Gasteiger partial charge in [-0.25, -0.2) is 8.42 Å². The van der Waals surface area contributed by atoms with Crippen molar-refractivity contribution in [1.82, 2.24) is 9.62 Å². The molecule has 1 fully saturated rings. The second-order valence-electron chi connectivity index (χ2n) is 6.80. The molecule has 0 radical (unpaired) electrons. The molecule has 0 aliphatic carbocycles. The normalized spacial score (nSPS) is 18.2. The fraction of sp³-hybridized carbons (Fsp3) is 0.421. The van der Waals surface area contributed by atoms with Gasteiger partial charge in [0.05, 0.1) is 11.4 Å². The van der Waals surface area contributed by atoms with Crippen LogP contribution in [-0.2, 0) is 21.4 Å². The Morgan fingerprint density at radius 1 is 1.27 bits per heavy atom. The van der Waals surface area contributed by atoms with Gasteiger partial charge in [0.15, 0.2) is 0 Å². The molecule has 1 unspecified atom stereocenters. The van der Waals surface area contributed by atoms with Crippen LogP contribution in [0.4, 0.5) is 0 Å². The van der Waals surface area contributed by atoms with E-state index in [-0.39, 0.29) is 5.91 Å². The lowest BCUT2D eigenvalue weighted by atomic mass is 10.1. The molecule has 0 bridgehead atoms. The van der Waals surface area contributed by atoms with E-state index in [1.54, 1.807) is 11.3 Å². The molecule has 0 saturated carbocycles. The minimum atomic E-state index is -3.71. The summed E-state index contributed by atoms with van der Waals surface area (Å²) < 4.78 is 27.9. The molecule has 5 nitrogen and oxygen atoms in total. The van der Waals surface area contributed by atoms with E-state index in [1.807, 2.05) is 50.4 Å². The third kappa shape index (κ3) is 3.70. The number of amides is 1. The predicted molar refractivity (Wildman–Crippen MR) is 104 cm³/mol. The van der Waals surface area contributed by atoms with Gasteiger partial charge in [0.2, 0.25) is 15.9 Å². The van der Waals surface area contributed by atoms with Crippen LogP contribution in [0.3, 0.4) is 0 Å². The molecule has 1 N–H and O–H groups in total. The van der Waals surface area contributed by atoms with Crippen molar-refractivity contribution in [2.75, 3.05) is 6.54 Å². The highest BCUT2D eigenvalue weighted by molar-refractivity contribution is 7.89. The SMILES string of the molecule is Cc1cc(C)c(S(=O)(=O)N2CCCC2C(=O)NCc2cccs2)c(C)c1. The molecule has 2 aromatic rings. The summed E-state index contributed by atoms with van der Waals surface area (Å²) in [4.78, 5) is 14.0. The molecule has 1 amide bonds. The zero-order valence-corrected chi connectivity index (χ0v) is 16.9. The van der Waals surface area contributed by atoms with Crippen LogP contribution < -0.4 is 5.32 Å². The Morgan fingerprint density at radius 3 is 2.58 bits per heavy atom. The summed E-state index contributed by atoms with van der Waals surface area (Å²) >= 11 is 1.57. The lowest BCUT2D eigenvalue weighted by Crippen LogP contribution is -2.45. The second-order valence-corrected chi connectivity index (χ2v) is 9.66. The number of hydrogen-bond donors (Lipinski definition) is 1. The number of thiophene rings is 1. The molecule has 3 rings (SSSR count). The molecule has 7 heteroatoms. The Hall–Kier alpha value is -1.70. The van der Waals surface area contributed by atoms with Crippen LogP contribution in [0.5, 0.6) is 0 Å². The summed E-state index contributed by atoms with van der Waals surface area (Å²) in [5.41, 5.74) is 2.49. The topological polar surface area (TPSA) is 66.5 Å². The first kappa shape index (κ1) is 19.1. The van der Waals surface area contributed by atoms with Crippen molar-refractivity contribution in [3.8, 4) is 0 Å². The van der Waals surface area contributed by atoms with Crippen molar-refractivity contribution in [2.24, 2.45) is 0 Å². The Labute approximate surface area is 159 Å². The fourth-order valence-corrected chi connectivity index (χ4v) is 6.40. The lowest BCUT2D eigenvalue weighted by Gasteiger charge is -2.25. The van der Waals surface area contributed by atoms with Crippen LogP contribution in [-0.4, -0.2) is 31.2 Å². The average Bonchev–Trinajstić information content (AvgIpc) is 3.23. The van der Waals surface area contributed by atoms with Gasteiger partial charge in [0, 0.05) is 11.4 Å². The Balaban J connectivity index is 1.84. The number of carbonyl (C=O) groups is 1. The molecular weight excluding hydrogens is 368 g/mol. The monoisotopic (exact) mass is 392 g/mol. The highest BCUT2D eigenvalue weighted by Gasteiger charge is 2.40. The highest BCUT2D eigenvalue weighted by atomic mass is 32.2. The summed E-state index contributed by atoms with van der Waals surface area (Å²) in [5, 5.41) is 4.84. The molecule has 1 aromatic heterocycles. The van der Waals surface area contributed by atoms with Gasteiger partial charge in [-0.3, -0.25) is 4.79 Å². The average molecular weight is 393 g/mol. The number of hydrogen-bond acceptors (Lipinski definition) is 4. The highest BCUT2D eigenvalue weighted by Crippen LogP contribution is 2.30. The summed E-state index contributed by atoms with van der Waals surface area (Å²) in [6.45, 7) is 6.40. The molecule has 1 saturated heterocycles. The van der Waals surface area contributed by atoms with Gasteiger partial charge in [-0.05, 0) is 56.2 Å². The molecule has 1 aliphatic rings. The minimum Gasteiger partial charge on any atom is -0.350 e. The van der Waals surface area contributed by atoms with Gasteiger partial charge in [-0.2, -0.15) is 4.31 Å². The summed E-state index contributed by atoms with van der Waals surface area (Å²) in [6.07, 6.45) is 1.25. The van der Waals surface area contributed by atoms with Crippen LogP contribution in [0.15, 0.2) is 34.5 Å². The number of rotatable bonds is 5. The molecular formula is C19H24N2O3S2. The van der Waals surface area contributed by atoms with Gasteiger partial charge in [-0.15, -0.1) is 11.3 Å². The number of benzene rings is 1. The Bertz CT molecular complexity index is 882. The van der Waals surface area contributed by atoms with Gasteiger partial charge in [0.1, 0.15) is 6.04 Å². The minimum absolute atomic E-state index is 0.220. The molecule has 0 spiro atoms. The summed E-state index contributed by atoms with van der Waals surface area (Å²) in [6, 6.07) is 7.00. The maximum absolute atomic E-state index is 13.3. The summed E-state index contributed by atoms with van der Waals surface area (Å²) in [5.74, 6) is -0.220. The standard InChI is InChI=1S/C19H24N2O3S2/c1-13-10-14(2)18(15(3)11-13)26(23,24)21-8-4-7-17(21)19(22)20-12-16-6-5-9-25-16/h5-6,9-11,17H,4,7-8,12H2,1-3H3,(H,20,22). The van der Waals surface area contributed by atoms with Crippen molar-refractivity contribution < 1.29 is 13.2 Å². The molecule has 1 atom stereocenters. The van der Waals surface area contributed by atoms with E-state index in [0.29, 0.717) is 30.8 Å². The smallest absolute Gasteiger partial charge is 0.244 e. The zero-order chi connectivity index (χ0) is 18.9. The van der Waals surface area contributed by atoms with Crippen LogP contribution in [0.1, 0.15) is 34.4 Å². The van der Waals surface area contributed by atoms with Gasteiger partial charge in [0.25, 0.3) is 0 Å². The predicted octanol–water partition coefficient (Wildman–Crippen LogP) is 3.14. The van der Waals surface area contributed by atoms with E-state index in [9.17, 15) is 13.2 Å². The zero-order valence-electron chi connectivity index (χ0n) is 15.3. The first-order valence-corrected chi connectivity index (χ1v) is 11.0. The molecule has 140 valence electrons. The van der Waals surface area contributed by atoms with Gasteiger partial charge in [-0.1, -0.05) is 23.8 Å². The van der Waals surface area contributed by atoms with Crippen molar-refractivity contribution in [1.29, 1.82) is 0 Å². The van der Waals surface area contributed by atoms with Crippen molar-refractivity contribution in [3.63, 3.8) is 0 Å². The number of aryl methyl sites for hydroxylation is 3. The Morgan fingerprint density at radius 2 is 1.96 bits per heavy atom. The largest absolute Gasteiger partial charge is 0.350 e. The maximum Gasteiger partial charge on any atom is 0.244 e. The maximum atomic E-state index is 13.3. The van der Waals surface area contributed by atoms with E-state index in [4.69, 9.17) is 0 Å². The quantitative estimate of drug-likeness (QED) is 0.850. The van der Waals surface area contributed by atoms with Gasteiger partial charge < -0.3 is 5.32 Å². The van der Waals surface area contributed by atoms with E-state index >= 15 is 0 Å². The van der Waals surface area contributed by atoms with E-state index in [0.717, 1.165) is 21.6 Å². The third-order valence-electron chi connectivity index (χ3n) is 4.69. The Kier molecular flexibility index (Phi) is 5.50. The summed E-state index contributed by atoms with van der Waals surface area (Å²) in [7, 11) is -3.71. The third-order valence-corrected chi connectivity index (χ3v) is 7.79. The second kappa shape index (κ2) is 7.50. The fourth-order valence-electron chi connectivity index (χ4n) is 3.69. The first-order valence-electron chi connectivity index (χ1n) is 8.70. The molecule has 1 aliphatic heterocycles. The molecule has 1 aromatic carbocycles. The first-order chi connectivity index (χ1) is 12.3. The molecule has 2 heterocycles. The number of nitrogens with zero attached hydrogens (tertiary/aromatic N) is 1. The van der Waals surface area contributed by atoms with E-state index < -0.39 is 16.1 Å².